The molecule has 4 nitrogen and oxygen atoms in total. The maximum Gasteiger partial charge on any atom is 0.340 e. The molecule has 0 radical (unpaired) electrons. The zero-order valence-corrected chi connectivity index (χ0v) is 9.40. The first-order valence-corrected chi connectivity index (χ1v) is 5.35. The molecule has 0 fully saturated rings. The Morgan fingerprint density at radius 2 is 1.94 bits per heavy atom. The van der Waals surface area contributed by atoms with E-state index in [0.29, 0.717) is 12.1 Å². The molecule has 2 unspecified atom stereocenters. The Morgan fingerprint density at radius 3 is 2.62 bits per heavy atom. The number of benzene rings is 1. The molecular weight excluding hydrogens is 206 g/mol. The molecule has 0 amide bonds. The van der Waals surface area contributed by atoms with Gasteiger partial charge in [0, 0.05) is 12.2 Å². The number of hydrogen-bond donors (Lipinski definition) is 1. The van der Waals surface area contributed by atoms with Gasteiger partial charge < -0.3 is 14.8 Å². The highest BCUT2D eigenvalue weighted by molar-refractivity contribution is 5.89. The molecule has 2 aliphatic rings. The van der Waals surface area contributed by atoms with Gasteiger partial charge in [-0.15, -0.1) is 0 Å². The molecule has 0 aromatic heterocycles. The number of esters is 1. The molecule has 86 valence electrons. The van der Waals surface area contributed by atoms with Crippen LogP contribution in [-0.2, 0) is 9.47 Å². The van der Waals surface area contributed by atoms with E-state index in [2.05, 4.69) is 5.32 Å². The highest BCUT2D eigenvalue weighted by atomic mass is 16.7. The van der Waals surface area contributed by atoms with Gasteiger partial charge in [-0.05, 0) is 38.1 Å². The quantitative estimate of drug-likeness (QED) is 0.681. The summed E-state index contributed by atoms with van der Waals surface area (Å²) in [5.74, 6) is -0.354. The van der Waals surface area contributed by atoms with Crippen molar-refractivity contribution < 1.29 is 14.3 Å². The summed E-state index contributed by atoms with van der Waals surface area (Å²) in [6, 6.07) is 7.21. The Morgan fingerprint density at radius 1 is 1.25 bits per heavy atom. The fourth-order valence-electron chi connectivity index (χ4n) is 1.61. The van der Waals surface area contributed by atoms with Gasteiger partial charge in [-0.3, -0.25) is 0 Å². The van der Waals surface area contributed by atoms with E-state index in [-0.39, 0.29) is 12.1 Å². The van der Waals surface area contributed by atoms with Crippen LogP contribution in [0.15, 0.2) is 24.3 Å². The van der Waals surface area contributed by atoms with Gasteiger partial charge in [0.25, 0.3) is 0 Å². The Kier molecular flexibility index (Phi) is 3.10. The summed E-state index contributed by atoms with van der Waals surface area (Å²) in [6.45, 7) is 4.34. The van der Waals surface area contributed by atoms with Gasteiger partial charge in [-0.2, -0.15) is 0 Å². The first-order valence-electron chi connectivity index (χ1n) is 5.35. The van der Waals surface area contributed by atoms with Gasteiger partial charge >= 0.3 is 5.97 Å². The van der Waals surface area contributed by atoms with Gasteiger partial charge in [-0.25, -0.2) is 4.79 Å². The van der Waals surface area contributed by atoms with Crippen LogP contribution in [0.5, 0.6) is 0 Å². The minimum absolute atomic E-state index is 0.0146. The molecule has 2 heterocycles. The van der Waals surface area contributed by atoms with Crippen LogP contribution in [-0.4, -0.2) is 24.9 Å². The third-order valence-corrected chi connectivity index (χ3v) is 2.41. The van der Waals surface area contributed by atoms with E-state index in [1.54, 1.807) is 19.1 Å². The Bertz CT molecular complexity index is 374. The van der Waals surface area contributed by atoms with E-state index < -0.39 is 6.29 Å². The molecule has 2 bridgehead atoms. The molecule has 16 heavy (non-hydrogen) atoms. The second-order valence-corrected chi connectivity index (χ2v) is 3.88. The average Bonchev–Trinajstić information content (AvgIpc) is 2.29. The first-order chi connectivity index (χ1) is 7.65. The molecule has 1 aromatic carbocycles. The number of carbonyl (C=O) groups excluding carboxylic acids is 1. The molecule has 0 saturated heterocycles. The molecule has 2 aliphatic heterocycles. The lowest BCUT2D eigenvalue weighted by Crippen LogP contribution is -2.27. The van der Waals surface area contributed by atoms with Crippen molar-refractivity contribution in [2.45, 2.75) is 26.2 Å². The number of hydrogen-bond acceptors (Lipinski definition) is 4. The van der Waals surface area contributed by atoms with E-state index in [1.165, 1.54) is 0 Å². The van der Waals surface area contributed by atoms with Crippen molar-refractivity contribution >= 4 is 11.7 Å². The predicted molar refractivity (Wildman–Crippen MR) is 60.4 cm³/mol. The van der Waals surface area contributed by atoms with Crippen molar-refractivity contribution in [2.75, 3.05) is 11.9 Å². The van der Waals surface area contributed by atoms with E-state index in [9.17, 15) is 4.79 Å². The third kappa shape index (κ3) is 2.52. The molecule has 2 atom stereocenters. The van der Waals surface area contributed by atoms with Gasteiger partial charge in [0.15, 0.2) is 0 Å². The zero-order chi connectivity index (χ0) is 11.5. The lowest BCUT2D eigenvalue weighted by atomic mass is 10.2. The van der Waals surface area contributed by atoms with Crippen molar-refractivity contribution in [3.63, 3.8) is 0 Å². The van der Waals surface area contributed by atoms with Crippen molar-refractivity contribution in [3.05, 3.63) is 29.8 Å². The van der Waals surface area contributed by atoms with E-state index in [1.807, 2.05) is 19.1 Å². The molecule has 0 saturated carbocycles. The van der Waals surface area contributed by atoms with Crippen LogP contribution < -0.4 is 5.32 Å². The highest BCUT2D eigenvalue weighted by Crippen LogP contribution is 2.14. The summed E-state index contributed by atoms with van der Waals surface area (Å²) in [6.07, 6.45) is -0.542. The largest absolute Gasteiger partial charge is 0.432 e. The lowest BCUT2D eigenvalue weighted by molar-refractivity contribution is -0.121. The predicted octanol–water partition coefficient (Wildman–Crippen LogP) is 2.02. The van der Waals surface area contributed by atoms with Crippen molar-refractivity contribution in [2.24, 2.45) is 0 Å². The van der Waals surface area contributed by atoms with Crippen LogP contribution in [0, 0.1) is 0 Å². The number of carbonyl (C=O) groups is 1. The molecule has 1 N–H and O–H groups in total. The summed E-state index contributed by atoms with van der Waals surface area (Å²) < 4.78 is 10.6. The molecule has 3 rings (SSSR count). The number of nitrogens with one attached hydrogen (secondary N) is 1. The second-order valence-electron chi connectivity index (χ2n) is 3.88. The fourth-order valence-corrected chi connectivity index (χ4v) is 1.61. The van der Waals surface area contributed by atoms with E-state index in [0.717, 1.165) is 5.69 Å². The third-order valence-electron chi connectivity index (χ3n) is 2.41. The summed E-state index contributed by atoms with van der Waals surface area (Å²) >= 11 is 0. The van der Waals surface area contributed by atoms with Crippen LogP contribution in [0.2, 0.25) is 0 Å². The Labute approximate surface area is 94.6 Å². The maximum absolute atomic E-state index is 11.6. The first kappa shape index (κ1) is 11.0. The molecular formula is C12H15NO3. The zero-order valence-electron chi connectivity index (χ0n) is 9.40. The highest BCUT2D eigenvalue weighted by Gasteiger charge is 2.16. The Hall–Kier alpha value is -1.55. The van der Waals surface area contributed by atoms with Crippen LogP contribution in [0.25, 0.3) is 0 Å². The summed E-state index contributed by atoms with van der Waals surface area (Å²) in [5, 5.41) is 3.23. The average molecular weight is 221 g/mol. The second kappa shape index (κ2) is 4.53. The number of anilines is 1. The standard InChI is InChI=1S/C12H15NO3/c1-8-7-13-11-5-3-10(4-6-11)12(14)16-9(2)15-8/h3-6,8-9,13H,7H2,1-2H3. The van der Waals surface area contributed by atoms with Crippen LogP contribution in [0.1, 0.15) is 24.2 Å². The molecule has 4 heteroatoms. The van der Waals surface area contributed by atoms with Crippen molar-refractivity contribution in [3.8, 4) is 0 Å². The van der Waals surface area contributed by atoms with Gasteiger partial charge in [0.1, 0.15) is 0 Å². The van der Waals surface area contributed by atoms with E-state index >= 15 is 0 Å². The smallest absolute Gasteiger partial charge is 0.340 e. The van der Waals surface area contributed by atoms with Crippen molar-refractivity contribution in [1.82, 2.24) is 0 Å². The maximum atomic E-state index is 11.6. The van der Waals surface area contributed by atoms with Crippen LogP contribution >= 0.6 is 0 Å². The molecule has 1 aromatic rings. The Balaban J connectivity index is 2.24. The summed E-state index contributed by atoms with van der Waals surface area (Å²) in [5.41, 5.74) is 1.51. The number of ether oxygens (including phenoxy) is 2. The van der Waals surface area contributed by atoms with Gasteiger partial charge in [-0.1, -0.05) is 0 Å². The summed E-state index contributed by atoms with van der Waals surface area (Å²) in [7, 11) is 0. The van der Waals surface area contributed by atoms with Gasteiger partial charge in [0.2, 0.25) is 6.29 Å². The topological polar surface area (TPSA) is 47.6 Å². The molecule has 0 aliphatic carbocycles. The minimum atomic E-state index is -0.527. The SMILES string of the molecule is CC1CNc2ccc(cc2)C(=O)OC(C)O1. The van der Waals surface area contributed by atoms with E-state index in [4.69, 9.17) is 9.47 Å². The minimum Gasteiger partial charge on any atom is -0.432 e. The molecule has 0 spiro atoms. The summed E-state index contributed by atoms with van der Waals surface area (Å²) in [4.78, 5) is 11.6. The lowest BCUT2D eigenvalue weighted by Gasteiger charge is -2.18. The number of rotatable bonds is 0. The fraction of sp³-hybridized carbons (Fsp3) is 0.417. The van der Waals surface area contributed by atoms with Gasteiger partial charge in [0.05, 0.1) is 11.7 Å². The normalized spacial score (nSPS) is 25.5. The van der Waals surface area contributed by atoms with Crippen LogP contribution in [0.4, 0.5) is 5.69 Å². The van der Waals surface area contributed by atoms with Crippen LogP contribution in [0.3, 0.4) is 0 Å². The monoisotopic (exact) mass is 221 g/mol. The number of fused-ring (bicyclic) bond motifs is 8. The van der Waals surface area contributed by atoms with Crippen molar-refractivity contribution in [1.29, 1.82) is 0 Å².